The average Bonchev–Trinajstić information content (AvgIpc) is 2.80. The maximum atomic E-state index is 13.4. The molecule has 0 aliphatic rings. The van der Waals surface area contributed by atoms with E-state index in [0.29, 0.717) is 4.47 Å². The van der Waals surface area contributed by atoms with Gasteiger partial charge in [-0.3, -0.25) is 0 Å². The number of halogens is 3. The molecule has 0 amide bonds. The molecule has 1 aromatic heterocycles. The van der Waals surface area contributed by atoms with Gasteiger partial charge in [0.2, 0.25) is 11.6 Å². The van der Waals surface area contributed by atoms with E-state index in [0.717, 1.165) is 6.07 Å². The first-order valence-electron chi connectivity index (χ1n) is 5.06. The van der Waals surface area contributed by atoms with Gasteiger partial charge in [0.1, 0.15) is 6.61 Å². The first-order chi connectivity index (χ1) is 8.99. The molecule has 0 atom stereocenters. The monoisotopic (exact) mass is 332 g/mol. The lowest BCUT2D eigenvalue weighted by Crippen LogP contribution is -2.04. The summed E-state index contributed by atoms with van der Waals surface area (Å²) in [7, 11) is 0. The van der Waals surface area contributed by atoms with Crippen molar-refractivity contribution in [2.24, 2.45) is 0 Å². The number of carboxylic acids is 1. The van der Waals surface area contributed by atoms with Gasteiger partial charge in [0.05, 0.1) is 6.26 Å². The van der Waals surface area contributed by atoms with E-state index in [1.165, 1.54) is 18.4 Å². The van der Waals surface area contributed by atoms with Gasteiger partial charge in [-0.25, -0.2) is 9.18 Å². The standard InChI is InChI=1S/C12H7BrF2O4/c13-7-3-8(14)10(15)9(4-7)19-5-6-1-2-18-11(6)12(16)17/h1-4H,5H2,(H,16,17). The van der Waals surface area contributed by atoms with Crippen molar-refractivity contribution < 1.29 is 27.8 Å². The third kappa shape index (κ3) is 2.93. The largest absolute Gasteiger partial charge is 0.486 e. The van der Waals surface area contributed by atoms with Crippen LogP contribution in [0.5, 0.6) is 5.75 Å². The Balaban J connectivity index is 2.19. The predicted octanol–water partition coefficient (Wildman–Crippen LogP) is 3.60. The van der Waals surface area contributed by atoms with E-state index in [2.05, 4.69) is 15.9 Å². The van der Waals surface area contributed by atoms with Gasteiger partial charge >= 0.3 is 5.97 Å². The molecule has 0 unspecified atom stereocenters. The highest BCUT2D eigenvalue weighted by molar-refractivity contribution is 9.10. The van der Waals surface area contributed by atoms with E-state index in [1.807, 2.05) is 0 Å². The van der Waals surface area contributed by atoms with Crippen molar-refractivity contribution in [2.45, 2.75) is 6.61 Å². The van der Waals surface area contributed by atoms with E-state index in [1.54, 1.807) is 0 Å². The molecular weight excluding hydrogens is 326 g/mol. The maximum absolute atomic E-state index is 13.4. The van der Waals surface area contributed by atoms with Crippen LogP contribution in [0.15, 0.2) is 33.4 Å². The van der Waals surface area contributed by atoms with Crippen LogP contribution < -0.4 is 4.74 Å². The third-order valence-corrected chi connectivity index (χ3v) is 2.74. The highest BCUT2D eigenvalue weighted by Gasteiger charge is 2.16. The van der Waals surface area contributed by atoms with Gasteiger partial charge in [-0.15, -0.1) is 0 Å². The zero-order chi connectivity index (χ0) is 14.0. The van der Waals surface area contributed by atoms with Crippen molar-refractivity contribution in [3.63, 3.8) is 0 Å². The highest BCUT2D eigenvalue weighted by Crippen LogP contribution is 2.26. The van der Waals surface area contributed by atoms with E-state index in [-0.39, 0.29) is 23.7 Å². The van der Waals surface area contributed by atoms with Crippen LogP contribution in [0, 0.1) is 11.6 Å². The second-order valence-electron chi connectivity index (χ2n) is 3.57. The minimum Gasteiger partial charge on any atom is -0.486 e. The summed E-state index contributed by atoms with van der Waals surface area (Å²) in [6.07, 6.45) is 1.18. The lowest BCUT2D eigenvalue weighted by atomic mass is 10.2. The van der Waals surface area contributed by atoms with Gasteiger partial charge in [0.15, 0.2) is 11.6 Å². The van der Waals surface area contributed by atoms with Crippen LogP contribution in [-0.4, -0.2) is 11.1 Å². The van der Waals surface area contributed by atoms with Crippen molar-refractivity contribution in [1.29, 1.82) is 0 Å². The number of aromatic carboxylic acids is 1. The second kappa shape index (κ2) is 5.40. The van der Waals surface area contributed by atoms with E-state index in [9.17, 15) is 13.6 Å². The molecule has 7 heteroatoms. The van der Waals surface area contributed by atoms with Crippen LogP contribution in [0.1, 0.15) is 16.1 Å². The molecule has 0 fully saturated rings. The minimum absolute atomic E-state index is 0.229. The van der Waals surface area contributed by atoms with E-state index >= 15 is 0 Å². The molecule has 19 heavy (non-hydrogen) atoms. The lowest BCUT2D eigenvalue weighted by molar-refractivity contribution is 0.0658. The van der Waals surface area contributed by atoms with Crippen LogP contribution in [0.2, 0.25) is 0 Å². The highest BCUT2D eigenvalue weighted by atomic mass is 79.9. The number of furan rings is 1. The molecule has 0 radical (unpaired) electrons. The van der Waals surface area contributed by atoms with Crippen LogP contribution in [-0.2, 0) is 6.61 Å². The summed E-state index contributed by atoms with van der Waals surface area (Å²) in [6, 6.07) is 3.59. The molecule has 4 nitrogen and oxygen atoms in total. The molecule has 1 aromatic carbocycles. The summed E-state index contributed by atoms with van der Waals surface area (Å²) in [6.45, 7) is -0.245. The quantitative estimate of drug-likeness (QED) is 0.869. The van der Waals surface area contributed by atoms with Crippen LogP contribution in [0.25, 0.3) is 0 Å². The first kappa shape index (κ1) is 13.5. The Hall–Kier alpha value is -1.89. The Kier molecular flexibility index (Phi) is 3.84. The van der Waals surface area contributed by atoms with Gasteiger partial charge < -0.3 is 14.3 Å². The zero-order valence-corrected chi connectivity index (χ0v) is 10.9. The van der Waals surface area contributed by atoms with Gasteiger partial charge in [-0.2, -0.15) is 4.39 Å². The number of ether oxygens (including phenoxy) is 1. The molecule has 0 spiro atoms. The summed E-state index contributed by atoms with van der Waals surface area (Å²) < 4.78 is 36.6. The Labute approximate surface area is 114 Å². The van der Waals surface area contributed by atoms with Crippen molar-refractivity contribution in [1.82, 2.24) is 0 Å². The number of carboxylic acid groups (broad SMARTS) is 1. The predicted molar refractivity (Wildman–Crippen MR) is 64.1 cm³/mol. The Morgan fingerprint density at radius 2 is 2.16 bits per heavy atom. The number of benzene rings is 1. The summed E-state index contributed by atoms with van der Waals surface area (Å²) in [5, 5.41) is 8.80. The third-order valence-electron chi connectivity index (χ3n) is 2.28. The molecule has 100 valence electrons. The molecule has 0 saturated carbocycles. The number of carbonyl (C=O) groups is 1. The van der Waals surface area contributed by atoms with Crippen molar-refractivity contribution >= 4 is 21.9 Å². The van der Waals surface area contributed by atoms with Gasteiger partial charge in [0.25, 0.3) is 0 Å². The Bertz CT molecular complexity index is 624. The van der Waals surface area contributed by atoms with E-state index < -0.39 is 17.6 Å². The zero-order valence-electron chi connectivity index (χ0n) is 9.32. The number of hydrogen-bond acceptors (Lipinski definition) is 3. The number of rotatable bonds is 4. The molecule has 2 aromatic rings. The van der Waals surface area contributed by atoms with Gasteiger partial charge in [0, 0.05) is 10.0 Å². The summed E-state index contributed by atoms with van der Waals surface area (Å²) in [5.74, 6) is -4.07. The molecule has 1 N–H and O–H groups in total. The maximum Gasteiger partial charge on any atom is 0.372 e. The number of hydrogen-bond donors (Lipinski definition) is 1. The summed E-state index contributed by atoms with van der Waals surface area (Å²) >= 11 is 3.00. The van der Waals surface area contributed by atoms with E-state index in [4.69, 9.17) is 14.3 Å². The van der Waals surface area contributed by atoms with Crippen molar-refractivity contribution in [3.8, 4) is 5.75 Å². The minimum atomic E-state index is -1.26. The summed E-state index contributed by atoms with van der Waals surface area (Å²) in [5.41, 5.74) is 0.229. The van der Waals surface area contributed by atoms with Gasteiger partial charge in [-0.05, 0) is 18.2 Å². The van der Waals surface area contributed by atoms with Crippen LogP contribution in [0.3, 0.4) is 0 Å². The molecule has 0 aliphatic carbocycles. The summed E-state index contributed by atoms with van der Waals surface area (Å²) in [4.78, 5) is 10.8. The smallest absolute Gasteiger partial charge is 0.372 e. The van der Waals surface area contributed by atoms with Crippen LogP contribution >= 0.6 is 15.9 Å². The fraction of sp³-hybridized carbons (Fsp3) is 0.0833. The molecule has 0 bridgehead atoms. The van der Waals surface area contributed by atoms with Crippen molar-refractivity contribution in [3.05, 3.63) is 51.9 Å². The molecule has 0 saturated heterocycles. The van der Waals surface area contributed by atoms with Crippen LogP contribution in [0.4, 0.5) is 8.78 Å². The molecule has 0 aliphatic heterocycles. The van der Waals surface area contributed by atoms with Gasteiger partial charge in [-0.1, -0.05) is 15.9 Å². The SMILES string of the molecule is O=C(O)c1occc1COc1cc(Br)cc(F)c1F. The lowest BCUT2D eigenvalue weighted by Gasteiger charge is -2.07. The second-order valence-corrected chi connectivity index (χ2v) is 4.48. The molecular formula is C12H7BrF2O4. The fourth-order valence-electron chi connectivity index (χ4n) is 1.43. The topological polar surface area (TPSA) is 59.7 Å². The Morgan fingerprint density at radius 1 is 1.42 bits per heavy atom. The molecule has 2 rings (SSSR count). The fourth-order valence-corrected chi connectivity index (χ4v) is 1.84. The Morgan fingerprint density at radius 3 is 2.84 bits per heavy atom. The normalized spacial score (nSPS) is 10.5. The van der Waals surface area contributed by atoms with Crippen molar-refractivity contribution in [2.75, 3.05) is 0 Å². The molecule has 1 heterocycles. The first-order valence-corrected chi connectivity index (χ1v) is 5.85. The average molecular weight is 333 g/mol.